The van der Waals surface area contributed by atoms with Crippen molar-refractivity contribution in [3.05, 3.63) is 95.3 Å². The normalized spacial score (nSPS) is 11.0. The summed E-state index contributed by atoms with van der Waals surface area (Å²) < 4.78 is 0. The molecule has 0 N–H and O–H groups in total. The number of allylic oxidation sites excluding steroid dienone is 3. The Labute approximate surface area is 149 Å². The highest BCUT2D eigenvalue weighted by Gasteiger charge is 1.97. The van der Waals surface area contributed by atoms with E-state index >= 15 is 0 Å². The number of hydrogen-bond acceptors (Lipinski definition) is 2. The van der Waals surface area contributed by atoms with Crippen LogP contribution in [0.15, 0.2) is 105 Å². The Morgan fingerprint density at radius 3 is 1.74 bits per heavy atom. The van der Waals surface area contributed by atoms with E-state index in [1.165, 1.54) is 14.7 Å². The molecule has 0 fully saturated rings. The Bertz CT molecular complexity index is 625. The fraction of sp³-hybridized carbons (Fsp3) is 0.143. The lowest BCUT2D eigenvalue weighted by atomic mass is 10.4. The summed E-state index contributed by atoms with van der Waals surface area (Å²) in [7, 11) is 0. The average Bonchev–Trinajstić information content (AvgIpc) is 2.62. The topological polar surface area (TPSA) is 0 Å². The van der Waals surface area contributed by atoms with Crippen LogP contribution in [0.2, 0.25) is 0 Å². The molecule has 0 aliphatic rings. The van der Waals surface area contributed by atoms with Crippen molar-refractivity contribution in [2.45, 2.75) is 30.6 Å². The Balaban J connectivity index is 0.00000127. The minimum absolute atomic E-state index is 1.04. The van der Waals surface area contributed by atoms with Crippen LogP contribution in [0.1, 0.15) is 20.8 Å². The molecule has 0 amide bonds. The van der Waals surface area contributed by atoms with Crippen LogP contribution in [-0.2, 0) is 0 Å². The summed E-state index contributed by atoms with van der Waals surface area (Å²) >= 11 is 3.45. The summed E-state index contributed by atoms with van der Waals surface area (Å²) in [6.45, 7) is 10.2. The van der Waals surface area contributed by atoms with Crippen LogP contribution in [0, 0.1) is 0 Å². The molecule has 2 aromatic carbocycles. The molecule has 0 saturated heterocycles. The van der Waals surface area contributed by atoms with Crippen molar-refractivity contribution in [3.63, 3.8) is 0 Å². The van der Waals surface area contributed by atoms with Crippen molar-refractivity contribution in [2.75, 3.05) is 0 Å². The predicted octanol–water partition coefficient (Wildman–Crippen LogP) is 7.57. The first-order valence-corrected chi connectivity index (χ1v) is 9.40. The lowest BCUT2D eigenvalue weighted by Gasteiger charge is -2.03. The molecule has 0 radical (unpaired) electrons. The molecule has 0 bridgehead atoms. The molecule has 0 aliphatic carbocycles. The van der Waals surface area contributed by atoms with E-state index in [1.54, 1.807) is 23.5 Å². The van der Waals surface area contributed by atoms with E-state index in [2.05, 4.69) is 68.1 Å². The molecular formula is C21H24S2. The molecular weight excluding hydrogens is 316 g/mol. The van der Waals surface area contributed by atoms with Crippen molar-refractivity contribution < 1.29 is 0 Å². The Morgan fingerprint density at radius 2 is 1.26 bits per heavy atom. The van der Waals surface area contributed by atoms with Crippen LogP contribution in [0.25, 0.3) is 0 Å². The Kier molecular flexibility index (Phi) is 10.0. The van der Waals surface area contributed by atoms with Gasteiger partial charge in [0.05, 0.1) is 0 Å². The Hall–Kier alpha value is -1.64. The molecule has 23 heavy (non-hydrogen) atoms. The van der Waals surface area contributed by atoms with Gasteiger partial charge in [-0.2, -0.15) is 0 Å². The number of thioether (sulfide) groups is 2. The summed E-state index contributed by atoms with van der Waals surface area (Å²) in [6.07, 6.45) is 6.31. The molecule has 0 aliphatic heterocycles. The molecule has 0 aromatic heterocycles. The number of benzene rings is 2. The van der Waals surface area contributed by atoms with E-state index in [0.29, 0.717) is 0 Å². The van der Waals surface area contributed by atoms with E-state index in [1.807, 2.05) is 38.1 Å². The minimum atomic E-state index is 1.04. The van der Waals surface area contributed by atoms with Gasteiger partial charge in [-0.3, -0.25) is 0 Å². The maximum Gasteiger partial charge on any atom is 0.0122 e. The van der Waals surface area contributed by atoms with Gasteiger partial charge in [0.15, 0.2) is 0 Å². The molecule has 0 spiro atoms. The van der Waals surface area contributed by atoms with Crippen LogP contribution >= 0.6 is 23.5 Å². The highest BCUT2D eigenvalue weighted by molar-refractivity contribution is 8.03. The zero-order valence-corrected chi connectivity index (χ0v) is 15.7. The van der Waals surface area contributed by atoms with Crippen LogP contribution < -0.4 is 0 Å². The van der Waals surface area contributed by atoms with Crippen molar-refractivity contribution in [1.82, 2.24) is 0 Å². The average molecular weight is 341 g/mol. The molecule has 0 atom stereocenters. The quantitative estimate of drug-likeness (QED) is 0.393. The number of rotatable bonds is 6. The third kappa shape index (κ3) is 7.96. The van der Waals surface area contributed by atoms with E-state index in [0.717, 1.165) is 4.91 Å². The van der Waals surface area contributed by atoms with Gasteiger partial charge in [-0.05, 0) is 43.3 Å². The molecule has 0 heterocycles. The van der Waals surface area contributed by atoms with Gasteiger partial charge < -0.3 is 0 Å². The third-order valence-corrected chi connectivity index (χ3v) is 4.71. The Morgan fingerprint density at radius 1 is 0.783 bits per heavy atom. The van der Waals surface area contributed by atoms with Gasteiger partial charge in [-0.1, -0.05) is 86.4 Å². The SMILES string of the molecule is C=C(/C=C\C(=C/C)Sc1ccccc1)Sc1ccccc1.CC. The monoisotopic (exact) mass is 340 g/mol. The first-order valence-electron chi connectivity index (χ1n) is 7.77. The van der Waals surface area contributed by atoms with Crippen LogP contribution in [0.5, 0.6) is 0 Å². The smallest absolute Gasteiger partial charge is 0.0122 e. The zero-order valence-electron chi connectivity index (χ0n) is 14.0. The van der Waals surface area contributed by atoms with Crippen LogP contribution in [-0.4, -0.2) is 0 Å². The van der Waals surface area contributed by atoms with E-state index in [-0.39, 0.29) is 0 Å². The predicted molar refractivity (Wildman–Crippen MR) is 108 cm³/mol. The molecule has 2 aromatic rings. The first-order chi connectivity index (χ1) is 11.3. The van der Waals surface area contributed by atoms with Gasteiger partial charge in [0, 0.05) is 19.6 Å². The lowest BCUT2D eigenvalue weighted by molar-refractivity contribution is 1.47. The molecule has 2 heteroatoms. The van der Waals surface area contributed by atoms with E-state index in [9.17, 15) is 0 Å². The van der Waals surface area contributed by atoms with Crippen LogP contribution in [0.3, 0.4) is 0 Å². The number of hydrogen-bond donors (Lipinski definition) is 0. The molecule has 0 saturated carbocycles. The zero-order chi connectivity index (χ0) is 16.9. The second-order valence-corrected chi connectivity index (χ2v) is 6.67. The molecule has 120 valence electrons. The molecule has 0 unspecified atom stereocenters. The summed E-state index contributed by atoms with van der Waals surface area (Å²) in [5, 5.41) is 0. The highest BCUT2D eigenvalue weighted by atomic mass is 32.2. The second kappa shape index (κ2) is 11.9. The second-order valence-electron chi connectivity index (χ2n) is 4.32. The molecule has 2 rings (SSSR count). The summed E-state index contributed by atoms with van der Waals surface area (Å²) in [4.78, 5) is 4.71. The fourth-order valence-electron chi connectivity index (χ4n) is 1.66. The van der Waals surface area contributed by atoms with Gasteiger partial charge in [-0.15, -0.1) is 0 Å². The van der Waals surface area contributed by atoms with Gasteiger partial charge in [0.2, 0.25) is 0 Å². The first kappa shape index (κ1) is 19.4. The third-order valence-electron chi connectivity index (χ3n) is 2.69. The van der Waals surface area contributed by atoms with Gasteiger partial charge in [0.25, 0.3) is 0 Å². The summed E-state index contributed by atoms with van der Waals surface area (Å²) in [6, 6.07) is 20.7. The summed E-state index contributed by atoms with van der Waals surface area (Å²) in [5.41, 5.74) is 0. The maximum atomic E-state index is 4.10. The maximum absolute atomic E-state index is 4.10. The lowest BCUT2D eigenvalue weighted by Crippen LogP contribution is -1.75. The van der Waals surface area contributed by atoms with Gasteiger partial charge in [0.1, 0.15) is 0 Å². The van der Waals surface area contributed by atoms with Crippen molar-refractivity contribution in [1.29, 1.82) is 0 Å². The molecule has 0 nitrogen and oxygen atoms in total. The van der Waals surface area contributed by atoms with Crippen molar-refractivity contribution in [3.8, 4) is 0 Å². The van der Waals surface area contributed by atoms with Crippen molar-refractivity contribution in [2.24, 2.45) is 0 Å². The van der Waals surface area contributed by atoms with Crippen molar-refractivity contribution >= 4 is 23.5 Å². The van der Waals surface area contributed by atoms with Gasteiger partial charge >= 0.3 is 0 Å². The summed E-state index contributed by atoms with van der Waals surface area (Å²) in [5.74, 6) is 0. The van der Waals surface area contributed by atoms with E-state index in [4.69, 9.17) is 0 Å². The fourth-order valence-corrected chi connectivity index (χ4v) is 3.21. The van der Waals surface area contributed by atoms with E-state index < -0.39 is 0 Å². The van der Waals surface area contributed by atoms with Crippen LogP contribution in [0.4, 0.5) is 0 Å². The van der Waals surface area contributed by atoms with Gasteiger partial charge in [-0.25, -0.2) is 0 Å². The highest BCUT2D eigenvalue weighted by Crippen LogP contribution is 2.30. The standard InChI is InChI=1S/C19H18S2.C2H6/c1-3-17(21-19-12-8-5-9-13-19)15-14-16(2)20-18-10-6-4-7-11-18;1-2/h3-15H,2H2,1H3;1-2H3/b15-14-,17-3+;. The minimum Gasteiger partial charge on any atom is -0.0907 e. The largest absolute Gasteiger partial charge is 0.0907 e.